The molecule has 78 valence electrons. The molecular weight excluding hydrogens is 205 g/mol. The van der Waals surface area contributed by atoms with Crippen molar-refractivity contribution in [3.05, 3.63) is 0 Å². The van der Waals surface area contributed by atoms with E-state index in [1.54, 1.807) is 6.66 Å². The van der Waals surface area contributed by atoms with Gasteiger partial charge in [-0.2, -0.15) is 4.99 Å². The maximum Gasteiger partial charge on any atom is 0.345 e. The summed E-state index contributed by atoms with van der Waals surface area (Å²) in [6.45, 7) is 1.70. The molecule has 14 heavy (non-hydrogen) atoms. The van der Waals surface area contributed by atoms with E-state index in [9.17, 15) is 14.4 Å². The minimum atomic E-state index is -0.572. The van der Waals surface area contributed by atoms with E-state index in [-0.39, 0.29) is 14.6 Å². The van der Waals surface area contributed by atoms with E-state index >= 15 is 0 Å². The maximum absolute atomic E-state index is 11.1. The number of amides is 3. The molecule has 0 aliphatic carbocycles. The first-order valence-corrected chi connectivity index (χ1v) is 5.18. The molecule has 0 radical (unpaired) electrons. The summed E-state index contributed by atoms with van der Waals surface area (Å²) in [5, 5.41) is 0. The fourth-order valence-electron chi connectivity index (χ4n) is 0.556. The van der Waals surface area contributed by atoms with Crippen LogP contribution >= 0.6 is 8.73 Å². The first kappa shape index (κ1) is 12.7. The van der Waals surface area contributed by atoms with Crippen LogP contribution in [0.25, 0.3) is 0 Å². The zero-order chi connectivity index (χ0) is 11.1. The molecule has 0 aromatic heterocycles. The second kappa shape index (κ2) is 6.21. The van der Waals surface area contributed by atoms with Crippen LogP contribution in [0, 0.1) is 0 Å². The quantitative estimate of drug-likeness (QED) is 0.288. The van der Waals surface area contributed by atoms with Gasteiger partial charge in [0, 0.05) is 14.1 Å². The Hall–Kier alpha value is -1.29. The van der Waals surface area contributed by atoms with Crippen molar-refractivity contribution < 1.29 is 14.4 Å². The molecule has 0 bridgehead atoms. The molecule has 1 unspecified atom stereocenters. The fraction of sp³-hybridized carbons (Fsp3) is 0.429. The summed E-state index contributed by atoms with van der Waals surface area (Å²) >= 11 is 0. The molecule has 7 heteroatoms. The van der Waals surface area contributed by atoms with Gasteiger partial charge in [0.05, 0.1) is 0 Å². The molecule has 0 heterocycles. The van der Waals surface area contributed by atoms with Crippen LogP contribution < -0.4 is 0 Å². The number of aldehydes is 1. The summed E-state index contributed by atoms with van der Waals surface area (Å²) in [5.41, 5.74) is 0. The average Bonchev–Trinajstić information content (AvgIpc) is 2.17. The number of carbonyl (C=O) groups excluding carboxylic acids is 3. The monoisotopic (exact) mass is 217 g/mol. The van der Waals surface area contributed by atoms with Crippen molar-refractivity contribution in [2.45, 2.75) is 0 Å². The number of nitrogens with zero attached hydrogens (tertiary/aromatic N) is 3. The second-order valence-corrected chi connectivity index (χ2v) is 3.39. The predicted octanol–water partition coefficient (Wildman–Crippen LogP) is -0.0529. The minimum absolute atomic E-state index is 0.0616. The van der Waals surface area contributed by atoms with Crippen molar-refractivity contribution in [1.29, 1.82) is 0 Å². The minimum Gasteiger partial charge on any atom is -0.329 e. The Morgan fingerprint density at radius 2 is 1.93 bits per heavy atom. The van der Waals surface area contributed by atoms with Crippen LogP contribution in [0.5, 0.6) is 0 Å². The van der Waals surface area contributed by atoms with Gasteiger partial charge in [-0.05, 0) is 15.4 Å². The lowest BCUT2D eigenvalue weighted by atomic mass is 10.6. The molecule has 0 rings (SSSR count). The van der Waals surface area contributed by atoms with Crippen LogP contribution in [0.2, 0.25) is 0 Å². The van der Waals surface area contributed by atoms with E-state index in [0.29, 0.717) is 12.7 Å². The summed E-state index contributed by atoms with van der Waals surface area (Å²) in [4.78, 5) is 36.8. The van der Waals surface area contributed by atoms with E-state index < -0.39 is 6.03 Å². The summed E-state index contributed by atoms with van der Waals surface area (Å²) in [5.74, 6) is -0.167. The van der Waals surface area contributed by atoms with Gasteiger partial charge in [-0.15, -0.1) is 0 Å². The van der Waals surface area contributed by atoms with Gasteiger partial charge < -0.3 is 4.90 Å². The lowest BCUT2D eigenvalue weighted by Crippen LogP contribution is -2.27. The fourth-order valence-corrected chi connectivity index (χ4v) is 0.993. The smallest absolute Gasteiger partial charge is 0.329 e. The molecule has 3 amide bonds. The van der Waals surface area contributed by atoms with Gasteiger partial charge in [-0.3, -0.25) is 14.3 Å². The van der Waals surface area contributed by atoms with Gasteiger partial charge in [0.2, 0.25) is 6.41 Å². The topological polar surface area (TPSA) is 70.0 Å². The molecule has 0 aromatic carbocycles. The van der Waals surface area contributed by atoms with Crippen molar-refractivity contribution in [3.63, 3.8) is 0 Å². The molecule has 0 aliphatic rings. The number of amidine groups is 1. The Balaban J connectivity index is 4.77. The second-order valence-electron chi connectivity index (χ2n) is 2.46. The van der Waals surface area contributed by atoms with E-state index in [1.165, 1.54) is 19.0 Å². The zero-order valence-corrected chi connectivity index (χ0v) is 9.22. The van der Waals surface area contributed by atoms with Crippen LogP contribution in [-0.4, -0.2) is 54.9 Å². The lowest BCUT2D eigenvalue weighted by molar-refractivity contribution is -0.113. The SMILES string of the molecule is CPN(C=O)/C(C=O)=N\C(=O)N(C)C. The molecule has 0 N–H and O–H groups in total. The highest BCUT2D eigenvalue weighted by Gasteiger charge is 2.10. The zero-order valence-electron chi connectivity index (χ0n) is 8.22. The molecule has 1 atom stereocenters. The third-order valence-corrected chi connectivity index (χ3v) is 2.11. The van der Waals surface area contributed by atoms with Gasteiger partial charge in [0.15, 0.2) is 12.1 Å². The number of carbonyl (C=O) groups is 3. The molecule has 0 fully saturated rings. The summed E-state index contributed by atoms with van der Waals surface area (Å²) in [6.07, 6.45) is 0.848. The number of hydrogen-bond acceptors (Lipinski definition) is 3. The van der Waals surface area contributed by atoms with Gasteiger partial charge in [0.25, 0.3) is 0 Å². The van der Waals surface area contributed by atoms with Crippen LogP contribution in [0.15, 0.2) is 4.99 Å². The average molecular weight is 217 g/mol. The van der Waals surface area contributed by atoms with E-state index in [2.05, 4.69) is 4.99 Å². The molecule has 6 nitrogen and oxygen atoms in total. The van der Waals surface area contributed by atoms with Gasteiger partial charge in [-0.25, -0.2) is 4.79 Å². The summed E-state index contributed by atoms with van der Waals surface area (Å²) < 4.78 is 1.08. The molecule has 0 aliphatic heterocycles. The largest absolute Gasteiger partial charge is 0.345 e. The van der Waals surface area contributed by atoms with Crippen molar-refractivity contribution in [2.24, 2.45) is 4.99 Å². The highest BCUT2D eigenvalue weighted by molar-refractivity contribution is 7.36. The first-order chi connectivity index (χ1) is 6.56. The van der Waals surface area contributed by atoms with Crippen molar-refractivity contribution in [3.8, 4) is 0 Å². The van der Waals surface area contributed by atoms with Crippen LogP contribution in [-0.2, 0) is 9.59 Å². The maximum atomic E-state index is 11.1. The van der Waals surface area contributed by atoms with Gasteiger partial charge in [0.1, 0.15) is 0 Å². The third-order valence-electron chi connectivity index (χ3n) is 1.29. The van der Waals surface area contributed by atoms with Crippen LogP contribution in [0.4, 0.5) is 4.79 Å². The predicted molar refractivity (Wildman–Crippen MR) is 54.7 cm³/mol. The highest BCUT2D eigenvalue weighted by atomic mass is 31.1. The molecular formula is C7H12N3O3P. The molecule has 0 saturated carbocycles. The van der Waals surface area contributed by atoms with Crippen molar-refractivity contribution in [1.82, 2.24) is 9.57 Å². The number of rotatable bonds is 3. The molecule has 0 aromatic rings. The number of urea groups is 1. The number of hydrogen-bond donors (Lipinski definition) is 0. The molecule has 0 saturated heterocycles. The van der Waals surface area contributed by atoms with E-state index in [0.717, 1.165) is 4.67 Å². The van der Waals surface area contributed by atoms with E-state index in [4.69, 9.17) is 0 Å². The highest BCUT2D eigenvalue weighted by Crippen LogP contribution is 2.09. The third kappa shape index (κ3) is 3.62. The Bertz CT molecular complexity index is 265. The van der Waals surface area contributed by atoms with Gasteiger partial charge >= 0.3 is 6.03 Å². The van der Waals surface area contributed by atoms with Crippen molar-refractivity contribution >= 4 is 33.3 Å². The first-order valence-electron chi connectivity index (χ1n) is 3.73. The summed E-state index contributed by atoms with van der Waals surface area (Å²) in [6, 6.07) is -0.572. The van der Waals surface area contributed by atoms with Gasteiger partial charge in [-0.1, -0.05) is 0 Å². The van der Waals surface area contributed by atoms with Crippen LogP contribution in [0.1, 0.15) is 0 Å². The number of aliphatic imine (C=N–C) groups is 1. The Morgan fingerprint density at radius 3 is 2.21 bits per heavy atom. The molecule has 0 spiro atoms. The summed E-state index contributed by atoms with van der Waals surface area (Å²) in [7, 11) is 3.08. The normalized spacial score (nSPS) is 11.5. The van der Waals surface area contributed by atoms with Crippen LogP contribution in [0.3, 0.4) is 0 Å². The Kier molecular flexibility index (Phi) is 5.64. The lowest BCUT2D eigenvalue weighted by Gasteiger charge is -2.13. The Morgan fingerprint density at radius 1 is 1.36 bits per heavy atom. The standard InChI is InChI=1S/C7H12N3O3P/c1-9(2)7(13)8-6(4-11)10(5-12)14-3/h4-5,14H,1-3H3/b8-6-. The van der Waals surface area contributed by atoms with Crippen molar-refractivity contribution in [2.75, 3.05) is 20.8 Å². The van der Waals surface area contributed by atoms with E-state index in [1.807, 2.05) is 0 Å². The Labute approximate surface area is 83.8 Å².